The van der Waals surface area contributed by atoms with E-state index in [9.17, 15) is 14.4 Å². The Morgan fingerprint density at radius 2 is 1.39 bits per heavy atom. The van der Waals surface area contributed by atoms with Gasteiger partial charge in [-0.3, -0.25) is 14.4 Å². The predicted molar refractivity (Wildman–Crippen MR) is 167 cm³/mol. The first kappa shape index (κ1) is 30.4. The van der Waals surface area contributed by atoms with E-state index in [4.69, 9.17) is 0 Å². The summed E-state index contributed by atoms with van der Waals surface area (Å²) in [4.78, 5) is 42.3. The lowest BCUT2D eigenvalue weighted by atomic mass is 9.89. The molecule has 6 nitrogen and oxygen atoms in total. The van der Waals surface area contributed by atoms with Crippen molar-refractivity contribution < 1.29 is 14.4 Å². The van der Waals surface area contributed by atoms with E-state index >= 15 is 0 Å². The normalized spacial score (nSPS) is 18.1. The molecule has 0 radical (unpaired) electrons. The Bertz CT molecular complexity index is 1270. The number of aryl methyl sites for hydroxylation is 2. The Morgan fingerprint density at radius 1 is 0.829 bits per heavy atom. The Labute approximate surface area is 249 Å². The quantitative estimate of drug-likeness (QED) is 0.193. The predicted octanol–water partition coefficient (Wildman–Crippen LogP) is 4.78. The second-order valence-electron chi connectivity index (χ2n) is 10.9. The van der Waals surface area contributed by atoms with Gasteiger partial charge < -0.3 is 15.5 Å². The fourth-order valence-corrected chi connectivity index (χ4v) is 5.86. The summed E-state index contributed by atoms with van der Waals surface area (Å²) in [6, 6.07) is 29.3. The molecule has 41 heavy (non-hydrogen) atoms. The van der Waals surface area contributed by atoms with Gasteiger partial charge in [0.05, 0.1) is 5.25 Å². The number of benzene rings is 3. The van der Waals surface area contributed by atoms with E-state index in [2.05, 4.69) is 35.4 Å². The zero-order valence-electron chi connectivity index (χ0n) is 23.8. The van der Waals surface area contributed by atoms with Gasteiger partial charge in [-0.25, -0.2) is 0 Å². The van der Waals surface area contributed by atoms with Crippen molar-refractivity contribution in [2.24, 2.45) is 0 Å². The third-order valence-electron chi connectivity index (χ3n) is 8.03. The Hall–Kier alpha value is -3.58. The number of carbonyl (C=O) groups is 3. The van der Waals surface area contributed by atoms with Gasteiger partial charge in [0, 0.05) is 20.0 Å². The van der Waals surface area contributed by atoms with Gasteiger partial charge in [0.1, 0.15) is 11.6 Å². The van der Waals surface area contributed by atoms with Crippen LogP contribution in [0.4, 0.5) is 0 Å². The molecular formula is C34H41N3O3S. The van der Waals surface area contributed by atoms with Gasteiger partial charge in [-0.2, -0.15) is 12.6 Å². The van der Waals surface area contributed by atoms with E-state index in [1.807, 2.05) is 78.9 Å². The van der Waals surface area contributed by atoms with Crippen LogP contribution in [0.2, 0.25) is 0 Å². The fourth-order valence-electron chi connectivity index (χ4n) is 5.61. The molecule has 216 valence electrons. The summed E-state index contributed by atoms with van der Waals surface area (Å²) in [5.41, 5.74) is 2.28. The van der Waals surface area contributed by atoms with Crippen LogP contribution in [0.15, 0.2) is 91.0 Å². The van der Waals surface area contributed by atoms with E-state index in [0.29, 0.717) is 38.6 Å². The average Bonchev–Trinajstić information content (AvgIpc) is 3.33. The maximum absolute atomic E-state index is 14.2. The molecule has 1 heterocycles. The van der Waals surface area contributed by atoms with Crippen LogP contribution in [0.5, 0.6) is 0 Å². The van der Waals surface area contributed by atoms with E-state index in [1.54, 1.807) is 11.9 Å². The highest BCUT2D eigenvalue weighted by Gasteiger charge is 2.50. The Kier molecular flexibility index (Phi) is 11.0. The fraction of sp³-hybridized carbons (Fsp3) is 0.382. The molecule has 4 rings (SSSR count). The molecule has 0 saturated carbocycles. The van der Waals surface area contributed by atoms with Crippen LogP contribution in [0.3, 0.4) is 0 Å². The first-order valence-electron chi connectivity index (χ1n) is 14.6. The highest BCUT2D eigenvalue weighted by atomic mass is 32.1. The topological polar surface area (TPSA) is 78.5 Å². The van der Waals surface area contributed by atoms with Crippen LogP contribution in [-0.2, 0) is 33.6 Å². The molecule has 0 aromatic heterocycles. The Balaban J connectivity index is 1.46. The van der Waals surface area contributed by atoms with Crippen LogP contribution in [0.25, 0.3) is 0 Å². The molecule has 1 fully saturated rings. The number of rotatable bonds is 14. The minimum atomic E-state index is -1.08. The standard InChI is InChI=1S/C34H41N3O3S/c1-35-31(38)29(25-28-18-9-4-10-19-28)37-24-23-34(33(37)40,22-21-27-15-7-3-8-16-27)36-32(39)30(41)20-12-11-17-26-13-5-2-6-14-26/h2-10,13-16,18-19,29-30,41H,11-12,17,20-25H2,1H3,(H,35,38)(H,36,39). The van der Waals surface area contributed by atoms with E-state index in [-0.39, 0.29) is 17.7 Å². The zero-order valence-corrected chi connectivity index (χ0v) is 24.7. The van der Waals surface area contributed by atoms with Gasteiger partial charge in [-0.05, 0) is 55.2 Å². The molecule has 3 amide bonds. The molecule has 7 heteroatoms. The number of nitrogens with one attached hydrogen (secondary N) is 2. The molecule has 3 atom stereocenters. The summed E-state index contributed by atoms with van der Waals surface area (Å²) in [5.74, 6) is -0.635. The molecule has 3 aromatic rings. The lowest BCUT2D eigenvalue weighted by Crippen LogP contribution is -2.58. The van der Waals surface area contributed by atoms with Crippen molar-refractivity contribution in [3.05, 3.63) is 108 Å². The van der Waals surface area contributed by atoms with Crippen molar-refractivity contribution in [3.63, 3.8) is 0 Å². The summed E-state index contributed by atoms with van der Waals surface area (Å²) < 4.78 is 0. The number of thiol groups is 1. The maximum Gasteiger partial charge on any atom is 0.249 e. The van der Waals surface area contributed by atoms with Crippen LogP contribution in [-0.4, -0.2) is 53.0 Å². The number of unbranched alkanes of at least 4 members (excludes halogenated alkanes) is 1. The first-order valence-corrected chi connectivity index (χ1v) is 15.1. The minimum absolute atomic E-state index is 0.198. The molecule has 2 N–H and O–H groups in total. The van der Waals surface area contributed by atoms with Gasteiger partial charge in [0.25, 0.3) is 0 Å². The van der Waals surface area contributed by atoms with Crippen LogP contribution < -0.4 is 10.6 Å². The number of likely N-dealkylation sites (N-methyl/N-ethyl adjacent to an activating group) is 1. The first-order chi connectivity index (χ1) is 19.9. The Morgan fingerprint density at radius 3 is 1.98 bits per heavy atom. The average molecular weight is 572 g/mol. The van der Waals surface area contributed by atoms with E-state index in [0.717, 1.165) is 30.4 Å². The lowest BCUT2D eigenvalue weighted by molar-refractivity contribution is -0.142. The maximum atomic E-state index is 14.2. The van der Waals surface area contributed by atoms with Crippen LogP contribution in [0.1, 0.15) is 48.8 Å². The molecule has 3 unspecified atom stereocenters. The summed E-state index contributed by atoms with van der Waals surface area (Å²) in [5, 5.41) is 5.36. The second kappa shape index (κ2) is 14.9. The van der Waals surface area contributed by atoms with Crippen LogP contribution in [0, 0.1) is 0 Å². The molecule has 1 saturated heterocycles. The third-order valence-corrected chi connectivity index (χ3v) is 8.52. The van der Waals surface area contributed by atoms with E-state index in [1.165, 1.54) is 5.56 Å². The smallest absolute Gasteiger partial charge is 0.249 e. The number of likely N-dealkylation sites (tertiary alicyclic amines) is 1. The lowest BCUT2D eigenvalue weighted by Gasteiger charge is -2.33. The van der Waals surface area contributed by atoms with E-state index < -0.39 is 16.8 Å². The van der Waals surface area contributed by atoms with Crippen molar-refractivity contribution in [3.8, 4) is 0 Å². The molecule has 1 aliphatic rings. The van der Waals surface area contributed by atoms with Crippen molar-refractivity contribution in [2.45, 2.75) is 68.2 Å². The number of hydrogen-bond acceptors (Lipinski definition) is 4. The van der Waals surface area contributed by atoms with Crippen molar-refractivity contribution >= 4 is 30.4 Å². The van der Waals surface area contributed by atoms with Gasteiger partial charge in [0.15, 0.2) is 0 Å². The molecule has 0 aliphatic carbocycles. The van der Waals surface area contributed by atoms with Gasteiger partial charge >= 0.3 is 0 Å². The van der Waals surface area contributed by atoms with Crippen molar-refractivity contribution in [1.29, 1.82) is 0 Å². The van der Waals surface area contributed by atoms with Gasteiger partial charge in [-0.15, -0.1) is 0 Å². The van der Waals surface area contributed by atoms with Crippen LogP contribution >= 0.6 is 12.6 Å². The largest absolute Gasteiger partial charge is 0.357 e. The molecular weight excluding hydrogens is 530 g/mol. The van der Waals surface area contributed by atoms with Gasteiger partial charge in [-0.1, -0.05) is 97.4 Å². The number of nitrogens with zero attached hydrogens (tertiary/aromatic N) is 1. The summed E-state index contributed by atoms with van der Waals surface area (Å²) >= 11 is 4.64. The van der Waals surface area contributed by atoms with Gasteiger partial charge in [0.2, 0.25) is 17.7 Å². The number of amides is 3. The van der Waals surface area contributed by atoms with Crippen molar-refractivity contribution in [1.82, 2.24) is 15.5 Å². The highest BCUT2D eigenvalue weighted by molar-refractivity contribution is 7.81. The minimum Gasteiger partial charge on any atom is -0.357 e. The second-order valence-corrected chi connectivity index (χ2v) is 11.5. The molecule has 3 aromatic carbocycles. The SMILES string of the molecule is CNC(=O)C(Cc1ccccc1)N1CCC(CCc2ccccc2)(NC(=O)C(S)CCCCc2ccccc2)C1=O. The third kappa shape index (κ3) is 8.23. The summed E-state index contributed by atoms with van der Waals surface area (Å²) in [6.45, 7) is 0.396. The summed E-state index contributed by atoms with van der Waals surface area (Å²) in [6.07, 6.45) is 5.36. The number of hydrogen-bond donors (Lipinski definition) is 3. The zero-order chi connectivity index (χ0) is 29.1. The van der Waals surface area contributed by atoms with Crippen molar-refractivity contribution in [2.75, 3.05) is 13.6 Å². The monoisotopic (exact) mass is 571 g/mol. The number of carbonyl (C=O) groups excluding carboxylic acids is 3. The summed E-state index contributed by atoms with van der Waals surface area (Å²) in [7, 11) is 1.59. The molecule has 0 spiro atoms. The molecule has 0 bridgehead atoms. The highest BCUT2D eigenvalue weighted by Crippen LogP contribution is 2.31. The molecule has 1 aliphatic heterocycles.